The summed E-state index contributed by atoms with van der Waals surface area (Å²) in [6.07, 6.45) is 0. The Morgan fingerprint density at radius 1 is 1.24 bits per heavy atom. The van der Waals surface area contributed by atoms with Crippen molar-refractivity contribution in [1.29, 1.82) is 0 Å². The highest BCUT2D eigenvalue weighted by atomic mass is 32.1. The Balaban J connectivity index is 2.16. The van der Waals surface area contributed by atoms with Crippen LogP contribution in [0, 0.1) is 0 Å². The Morgan fingerprint density at radius 3 is 2.65 bits per heavy atom. The molecule has 0 atom stereocenters. The molecular weight excluding hydrogens is 230 g/mol. The summed E-state index contributed by atoms with van der Waals surface area (Å²) < 4.78 is 0. The molecule has 0 radical (unpaired) electrons. The van der Waals surface area contributed by atoms with Crippen molar-refractivity contribution < 1.29 is 0 Å². The molecule has 0 saturated heterocycles. The Labute approximate surface area is 106 Å². The van der Waals surface area contributed by atoms with E-state index in [1.807, 2.05) is 0 Å². The minimum atomic E-state index is 0.144. The number of aromatic nitrogens is 2. The molecule has 0 unspecified atom stereocenters. The van der Waals surface area contributed by atoms with Gasteiger partial charge in [-0.3, -0.25) is 0 Å². The zero-order valence-corrected chi connectivity index (χ0v) is 11.2. The van der Waals surface area contributed by atoms with Gasteiger partial charge in [0.05, 0.1) is 6.54 Å². The number of hydrogen-bond donors (Lipinski definition) is 1. The molecule has 3 nitrogen and oxygen atoms in total. The Kier molecular flexibility index (Phi) is 3.43. The van der Waals surface area contributed by atoms with Gasteiger partial charge in [-0.1, -0.05) is 39.0 Å². The Bertz CT molecular complexity index is 472. The number of para-hydroxylation sites is 1. The molecule has 0 saturated carbocycles. The van der Waals surface area contributed by atoms with Crippen molar-refractivity contribution in [2.45, 2.75) is 32.7 Å². The predicted octanol–water partition coefficient (Wildman–Crippen LogP) is 3.45. The van der Waals surface area contributed by atoms with Gasteiger partial charge in [-0.2, -0.15) is 0 Å². The Morgan fingerprint density at radius 2 is 2.00 bits per heavy atom. The largest absolute Gasteiger partial charge is 0.378 e. The van der Waals surface area contributed by atoms with Crippen LogP contribution in [0.2, 0.25) is 0 Å². The van der Waals surface area contributed by atoms with Crippen LogP contribution < -0.4 is 5.32 Å². The van der Waals surface area contributed by atoms with E-state index < -0.39 is 0 Å². The standard InChI is InChI=1S/C13H17N3S/c1-13(2,3)10-6-4-5-7-11(10)14-8-12-16-15-9-17-12/h4-7,9,14H,8H2,1-3H3. The van der Waals surface area contributed by atoms with E-state index in [0.717, 1.165) is 11.6 Å². The van der Waals surface area contributed by atoms with Gasteiger partial charge in [-0.05, 0) is 17.0 Å². The van der Waals surface area contributed by atoms with Crippen LogP contribution in [0.5, 0.6) is 0 Å². The van der Waals surface area contributed by atoms with Crippen molar-refractivity contribution in [3.8, 4) is 0 Å². The normalized spacial score (nSPS) is 11.5. The van der Waals surface area contributed by atoms with Crippen LogP contribution in [-0.4, -0.2) is 10.2 Å². The van der Waals surface area contributed by atoms with Crippen molar-refractivity contribution >= 4 is 17.0 Å². The van der Waals surface area contributed by atoms with Crippen molar-refractivity contribution in [2.75, 3.05) is 5.32 Å². The first-order valence-corrected chi connectivity index (χ1v) is 6.54. The molecular formula is C13H17N3S. The van der Waals surface area contributed by atoms with E-state index in [1.165, 1.54) is 11.3 Å². The fourth-order valence-electron chi connectivity index (χ4n) is 1.74. The number of benzene rings is 1. The molecule has 2 aromatic rings. The van der Waals surface area contributed by atoms with Gasteiger partial charge >= 0.3 is 0 Å². The van der Waals surface area contributed by atoms with E-state index in [0.29, 0.717) is 0 Å². The lowest BCUT2D eigenvalue weighted by molar-refractivity contribution is 0.591. The number of nitrogens with zero attached hydrogens (tertiary/aromatic N) is 2. The van der Waals surface area contributed by atoms with Gasteiger partial charge in [0.15, 0.2) is 0 Å². The fourth-order valence-corrected chi connectivity index (χ4v) is 2.20. The molecule has 1 heterocycles. The van der Waals surface area contributed by atoms with Crippen LogP contribution in [0.25, 0.3) is 0 Å². The molecule has 0 amide bonds. The lowest BCUT2D eigenvalue weighted by Gasteiger charge is -2.23. The lowest BCUT2D eigenvalue weighted by Crippen LogP contribution is -2.14. The van der Waals surface area contributed by atoms with Gasteiger partial charge in [0.1, 0.15) is 10.5 Å². The topological polar surface area (TPSA) is 37.8 Å². The molecule has 0 aliphatic heterocycles. The number of rotatable bonds is 3. The Hall–Kier alpha value is -1.42. The summed E-state index contributed by atoms with van der Waals surface area (Å²) >= 11 is 1.57. The van der Waals surface area contributed by atoms with Crippen LogP contribution in [0.4, 0.5) is 5.69 Å². The van der Waals surface area contributed by atoms with E-state index in [9.17, 15) is 0 Å². The molecule has 0 spiro atoms. The van der Waals surface area contributed by atoms with E-state index in [2.05, 4.69) is 60.6 Å². The summed E-state index contributed by atoms with van der Waals surface area (Å²) in [5.41, 5.74) is 4.40. The molecule has 0 aliphatic carbocycles. The maximum atomic E-state index is 4.03. The maximum Gasteiger partial charge on any atom is 0.136 e. The van der Waals surface area contributed by atoms with Crippen molar-refractivity contribution in [3.05, 3.63) is 40.3 Å². The summed E-state index contributed by atoms with van der Waals surface area (Å²) in [6, 6.07) is 8.42. The summed E-state index contributed by atoms with van der Waals surface area (Å²) in [5.74, 6) is 0. The van der Waals surface area contributed by atoms with Gasteiger partial charge in [-0.25, -0.2) is 0 Å². The molecule has 2 rings (SSSR count). The van der Waals surface area contributed by atoms with Crippen molar-refractivity contribution in [2.24, 2.45) is 0 Å². The number of hydrogen-bond acceptors (Lipinski definition) is 4. The molecule has 4 heteroatoms. The molecule has 0 bridgehead atoms. The SMILES string of the molecule is CC(C)(C)c1ccccc1NCc1nncs1. The summed E-state index contributed by atoms with van der Waals surface area (Å²) in [6.45, 7) is 7.40. The number of nitrogens with one attached hydrogen (secondary N) is 1. The highest BCUT2D eigenvalue weighted by Gasteiger charge is 2.17. The highest BCUT2D eigenvalue weighted by Crippen LogP contribution is 2.29. The summed E-state index contributed by atoms with van der Waals surface area (Å²) in [5, 5.41) is 12.3. The van der Waals surface area contributed by atoms with Crippen LogP contribution >= 0.6 is 11.3 Å². The van der Waals surface area contributed by atoms with E-state index in [4.69, 9.17) is 0 Å². The van der Waals surface area contributed by atoms with Gasteiger partial charge in [0.2, 0.25) is 0 Å². The van der Waals surface area contributed by atoms with Crippen LogP contribution in [0.3, 0.4) is 0 Å². The first-order chi connectivity index (χ1) is 8.07. The lowest BCUT2D eigenvalue weighted by atomic mass is 9.86. The van der Waals surface area contributed by atoms with E-state index in [-0.39, 0.29) is 5.41 Å². The zero-order valence-electron chi connectivity index (χ0n) is 10.4. The molecule has 1 N–H and O–H groups in total. The second-order valence-electron chi connectivity index (χ2n) is 4.98. The van der Waals surface area contributed by atoms with Crippen LogP contribution in [0.15, 0.2) is 29.8 Å². The van der Waals surface area contributed by atoms with Crippen LogP contribution in [-0.2, 0) is 12.0 Å². The third-order valence-electron chi connectivity index (χ3n) is 2.57. The molecule has 1 aromatic heterocycles. The summed E-state index contributed by atoms with van der Waals surface area (Å²) in [7, 11) is 0. The van der Waals surface area contributed by atoms with E-state index in [1.54, 1.807) is 16.8 Å². The smallest absolute Gasteiger partial charge is 0.136 e. The first-order valence-electron chi connectivity index (χ1n) is 5.66. The average Bonchev–Trinajstić information content (AvgIpc) is 2.78. The first kappa shape index (κ1) is 12.0. The van der Waals surface area contributed by atoms with Gasteiger partial charge in [-0.15, -0.1) is 21.5 Å². The fraction of sp³-hybridized carbons (Fsp3) is 0.385. The third kappa shape index (κ3) is 3.03. The number of anilines is 1. The molecule has 0 fully saturated rings. The molecule has 17 heavy (non-hydrogen) atoms. The maximum absolute atomic E-state index is 4.03. The average molecular weight is 247 g/mol. The monoisotopic (exact) mass is 247 g/mol. The quantitative estimate of drug-likeness (QED) is 0.902. The van der Waals surface area contributed by atoms with E-state index >= 15 is 0 Å². The van der Waals surface area contributed by atoms with Crippen LogP contribution in [0.1, 0.15) is 31.3 Å². The second kappa shape index (κ2) is 4.84. The van der Waals surface area contributed by atoms with Crippen molar-refractivity contribution in [3.63, 3.8) is 0 Å². The minimum absolute atomic E-state index is 0.144. The summed E-state index contributed by atoms with van der Waals surface area (Å²) in [4.78, 5) is 0. The predicted molar refractivity (Wildman–Crippen MR) is 72.4 cm³/mol. The molecule has 90 valence electrons. The molecule has 1 aromatic carbocycles. The van der Waals surface area contributed by atoms with Crippen molar-refractivity contribution in [1.82, 2.24) is 10.2 Å². The van der Waals surface area contributed by atoms with Gasteiger partial charge < -0.3 is 5.32 Å². The highest BCUT2D eigenvalue weighted by molar-refractivity contribution is 7.09. The zero-order chi connectivity index (χ0) is 12.3. The van der Waals surface area contributed by atoms with Gasteiger partial charge in [0, 0.05) is 5.69 Å². The second-order valence-corrected chi connectivity index (χ2v) is 5.90. The minimum Gasteiger partial charge on any atom is -0.378 e. The molecule has 0 aliphatic rings. The third-order valence-corrected chi connectivity index (χ3v) is 3.27. The van der Waals surface area contributed by atoms with Gasteiger partial charge in [0.25, 0.3) is 0 Å².